The molecule has 4 nitrogen and oxygen atoms in total. The Kier molecular flexibility index (Phi) is 2.77. The largest absolute Gasteiger partial charge is 0.397 e. The fourth-order valence-corrected chi connectivity index (χ4v) is 3.21. The highest BCUT2D eigenvalue weighted by atomic mass is 16.2. The van der Waals surface area contributed by atoms with Gasteiger partial charge in [0.05, 0.1) is 5.69 Å². The molecule has 1 aromatic heterocycles. The molecular formula is C17H19N3O. The second-order valence-corrected chi connectivity index (χ2v) is 5.99. The number of nitrogens with two attached hydrogens (primary N) is 1. The number of benzene rings is 1. The van der Waals surface area contributed by atoms with Crippen LogP contribution in [-0.4, -0.2) is 17.0 Å². The number of nitrogens with zero attached hydrogens (tertiary/aromatic N) is 2. The molecule has 2 N–H and O–H groups in total. The van der Waals surface area contributed by atoms with Crippen molar-refractivity contribution < 1.29 is 4.79 Å². The number of nitrogen functional groups attached to an aromatic ring is 1. The molecule has 0 bridgehead atoms. The summed E-state index contributed by atoms with van der Waals surface area (Å²) >= 11 is 0. The maximum Gasteiger partial charge on any atom is 0.274 e. The number of rotatable bonds is 2. The van der Waals surface area contributed by atoms with Crippen LogP contribution < -0.4 is 10.6 Å². The molecule has 0 radical (unpaired) electrons. The molecular weight excluding hydrogens is 262 g/mol. The molecule has 1 saturated carbocycles. The zero-order valence-corrected chi connectivity index (χ0v) is 12.0. The summed E-state index contributed by atoms with van der Waals surface area (Å²) in [4.78, 5) is 14.9. The number of hydrogen-bond donors (Lipinski definition) is 1. The number of carbonyl (C=O) groups excluding carboxylic acids is 1. The number of hydrogen-bond acceptors (Lipinski definition) is 2. The highest BCUT2D eigenvalue weighted by Crippen LogP contribution is 2.38. The van der Waals surface area contributed by atoms with Crippen molar-refractivity contribution in [1.29, 1.82) is 0 Å². The molecule has 2 heterocycles. The van der Waals surface area contributed by atoms with E-state index in [1.54, 1.807) is 0 Å². The minimum Gasteiger partial charge on any atom is -0.397 e. The first-order valence-corrected chi connectivity index (χ1v) is 7.61. The number of anilines is 2. The highest BCUT2D eigenvalue weighted by molar-refractivity contribution is 6.06. The third-order valence-corrected chi connectivity index (χ3v) is 4.38. The van der Waals surface area contributed by atoms with Crippen molar-refractivity contribution in [3.05, 3.63) is 47.8 Å². The van der Waals surface area contributed by atoms with E-state index in [4.69, 9.17) is 5.73 Å². The fraction of sp³-hybridized carbons (Fsp3) is 0.353. The van der Waals surface area contributed by atoms with E-state index in [2.05, 4.69) is 10.6 Å². The first-order valence-electron chi connectivity index (χ1n) is 7.61. The van der Waals surface area contributed by atoms with E-state index in [9.17, 15) is 4.79 Å². The molecule has 0 unspecified atom stereocenters. The molecule has 0 atom stereocenters. The van der Waals surface area contributed by atoms with Crippen molar-refractivity contribution in [2.24, 2.45) is 0 Å². The van der Waals surface area contributed by atoms with Gasteiger partial charge in [-0.3, -0.25) is 4.79 Å². The van der Waals surface area contributed by atoms with Crippen molar-refractivity contribution in [3.8, 4) is 0 Å². The topological polar surface area (TPSA) is 51.3 Å². The van der Waals surface area contributed by atoms with Crippen molar-refractivity contribution in [1.82, 2.24) is 4.57 Å². The number of amides is 1. The predicted octanol–water partition coefficient (Wildman–Crippen LogP) is 3.00. The average Bonchev–Trinajstić information content (AvgIpc) is 3.28. The fourth-order valence-electron chi connectivity index (χ4n) is 3.21. The molecule has 4 heteroatoms. The van der Waals surface area contributed by atoms with Crippen LogP contribution in [0.5, 0.6) is 0 Å². The SMILES string of the molecule is Nc1cc(C(=O)N2CCCc3ccccc32)n(C2CC2)c1. The summed E-state index contributed by atoms with van der Waals surface area (Å²) < 4.78 is 2.06. The average molecular weight is 281 g/mol. The molecule has 4 rings (SSSR count). The van der Waals surface area contributed by atoms with Crippen LogP contribution in [0.25, 0.3) is 0 Å². The Morgan fingerprint density at radius 3 is 2.86 bits per heavy atom. The van der Waals surface area contributed by atoms with Gasteiger partial charge in [-0.2, -0.15) is 0 Å². The Labute approximate surface area is 124 Å². The molecule has 2 aromatic rings. The normalized spacial score (nSPS) is 17.6. The standard InChI is InChI=1S/C17H19N3O/c18-13-10-16(20(11-13)14-7-8-14)17(21)19-9-3-5-12-4-1-2-6-15(12)19/h1-2,4,6,10-11,14H,3,5,7-9,18H2. The smallest absolute Gasteiger partial charge is 0.274 e. The lowest BCUT2D eigenvalue weighted by atomic mass is 10.0. The lowest BCUT2D eigenvalue weighted by Crippen LogP contribution is -2.36. The Morgan fingerprint density at radius 1 is 1.24 bits per heavy atom. The molecule has 2 aliphatic rings. The molecule has 1 amide bonds. The zero-order chi connectivity index (χ0) is 14.4. The maximum atomic E-state index is 13.0. The third-order valence-electron chi connectivity index (χ3n) is 4.38. The molecule has 21 heavy (non-hydrogen) atoms. The van der Waals surface area contributed by atoms with Crippen LogP contribution in [0.15, 0.2) is 36.5 Å². The van der Waals surface area contributed by atoms with Crippen molar-refractivity contribution in [3.63, 3.8) is 0 Å². The number of aromatic nitrogens is 1. The maximum absolute atomic E-state index is 13.0. The quantitative estimate of drug-likeness (QED) is 0.920. The lowest BCUT2D eigenvalue weighted by molar-refractivity contribution is 0.0976. The molecule has 1 aromatic carbocycles. The van der Waals surface area contributed by atoms with Gasteiger partial charge in [0.1, 0.15) is 5.69 Å². The summed E-state index contributed by atoms with van der Waals surface area (Å²) in [6, 6.07) is 10.5. The number of fused-ring (bicyclic) bond motifs is 1. The van der Waals surface area contributed by atoms with Crippen LogP contribution in [-0.2, 0) is 6.42 Å². The monoisotopic (exact) mass is 281 g/mol. The number of aryl methyl sites for hydroxylation is 1. The van der Waals surface area contributed by atoms with Gasteiger partial charge in [-0.15, -0.1) is 0 Å². The molecule has 1 aliphatic carbocycles. The second-order valence-electron chi connectivity index (χ2n) is 5.99. The summed E-state index contributed by atoms with van der Waals surface area (Å²) in [5, 5.41) is 0. The van der Waals surface area contributed by atoms with Gasteiger partial charge in [0.25, 0.3) is 5.91 Å². The Balaban J connectivity index is 1.73. The zero-order valence-electron chi connectivity index (χ0n) is 12.0. The minimum absolute atomic E-state index is 0.0748. The van der Waals surface area contributed by atoms with E-state index in [1.807, 2.05) is 35.4 Å². The van der Waals surface area contributed by atoms with Gasteiger partial charge in [0.2, 0.25) is 0 Å². The van der Waals surface area contributed by atoms with Gasteiger partial charge in [0, 0.05) is 24.5 Å². The molecule has 108 valence electrons. The Hall–Kier alpha value is -2.23. The summed E-state index contributed by atoms with van der Waals surface area (Å²) in [5.41, 5.74) is 9.63. The van der Waals surface area contributed by atoms with Crippen LogP contribution >= 0.6 is 0 Å². The van der Waals surface area contributed by atoms with Gasteiger partial charge in [0.15, 0.2) is 0 Å². The van der Waals surface area contributed by atoms with Crippen molar-refractivity contribution >= 4 is 17.3 Å². The van der Waals surface area contributed by atoms with E-state index in [-0.39, 0.29) is 5.91 Å². The molecule has 1 fully saturated rings. The van der Waals surface area contributed by atoms with Gasteiger partial charge in [-0.25, -0.2) is 0 Å². The van der Waals surface area contributed by atoms with Crippen molar-refractivity contribution in [2.45, 2.75) is 31.7 Å². The Morgan fingerprint density at radius 2 is 2.05 bits per heavy atom. The van der Waals surface area contributed by atoms with E-state index in [1.165, 1.54) is 5.56 Å². The van der Waals surface area contributed by atoms with Crippen molar-refractivity contribution in [2.75, 3.05) is 17.2 Å². The van der Waals surface area contributed by atoms with Gasteiger partial charge >= 0.3 is 0 Å². The van der Waals surface area contributed by atoms with Gasteiger partial charge < -0.3 is 15.2 Å². The van der Waals surface area contributed by atoms with Gasteiger partial charge in [-0.1, -0.05) is 18.2 Å². The van der Waals surface area contributed by atoms with E-state index in [0.29, 0.717) is 11.7 Å². The predicted molar refractivity (Wildman–Crippen MR) is 83.6 cm³/mol. The highest BCUT2D eigenvalue weighted by Gasteiger charge is 2.31. The van der Waals surface area contributed by atoms with E-state index in [0.717, 1.165) is 43.6 Å². The first-order chi connectivity index (χ1) is 10.2. The molecule has 1 aliphatic heterocycles. The summed E-state index contributed by atoms with van der Waals surface area (Å²) in [5.74, 6) is 0.0748. The minimum atomic E-state index is 0.0748. The summed E-state index contributed by atoms with van der Waals surface area (Å²) in [7, 11) is 0. The van der Waals surface area contributed by atoms with E-state index >= 15 is 0 Å². The van der Waals surface area contributed by atoms with Crippen LogP contribution in [0.2, 0.25) is 0 Å². The van der Waals surface area contributed by atoms with Crippen LogP contribution in [0.4, 0.5) is 11.4 Å². The first kappa shape index (κ1) is 12.5. The molecule has 0 saturated heterocycles. The van der Waals surface area contributed by atoms with E-state index < -0.39 is 0 Å². The van der Waals surface area contributed by atoms with Crippen LogP contribution in [0.3, 0.4) is 0 Å². The summed E-state index contributed by atoms with van der Waals surface area (Å²) in [6.45, 7) is 0.783. The van der Waals surface area contributed by atoms with Gasteiger partial charge in [-0.05, 0) is 43.4 Å². The second kappa shape index (κ2) is 4.65. The molecule has 0 spiro atoms. The Bertz CT molecular complexity index is 700. The van der Waals surface area contributed by atoms with Crippen LogP contribution in [0, 0.1) is 0 Å². The number of carbonyl (C=O) groups is 1. The summed E-state index contributed by atoms with van der Waals surface area (Å²) in [6.07, 6.45) is 6.25. The lowest BCUT2D eigenvalue weighted by Gasteiger charge is -2.29. The number of para-hydroxylation sites is 1. The third kappa shape index (κ3) is 2.11. The van der Waals surface area contributed by atoms with Crippen LogP contribution in [0.1, 0.15) is 41.4 Å².